The molecule has 1 N–H and O–H groups in total. The Labute approximate surface area is 148 Å². The smallest absolute Gasteiger partial charge is 0.293 e. The largest absolute Gasteiger partial charge is 0.318 e. The second kappa shape index (κ2) is 7.09. The van der Waals surface area contributed by atoms with E-state index in [1.165, 1.54) is 6.07 Å². The van der Waals surface area contributed by atoms with E-state index >= 15 is 0 Å². The standard InChI is InChI=1S/C17H16N6O3/c1-11-8-9-14(23(25)26)16(12(11)2)18-15(24)10-22-20-17(19-21-22)13-6-4-3-5-7-13/h3-9H,10H2,1-2H3,(H,18,24). The van der Waals surface area contributed by atoms with Crippen LogP contribution in [0.1, 0.15) is 11.1 Å². The number of rotatable bonds is 5. The maximum atomic E-state index is 12.3. The second-order valence-corrected chi connectivity index (χ2v) is 5.72. The van der Waals surface area contributed by atoms with E-state index in [0.29, 0.717) is 11.4 Å². The van der Waals surface area contributed by atoms with Gasteiger partial charge in [0.15, 0.2) is 0 Å². The van der Waals surface area contributed by atoms with Crippen LogP contribution in [0.4, 0.5) is 11.4 Å². The first-order valence-corrected chi connectivity index (χ1v) is 7.83. The number of hydrogen-bond acceptors (Lipinski definition) is 6. The molecule has 0 saturated heterocycles. The fourth-order valence-electron chi connectivity index (χ4n) is 2.43. The number of amides is 1. The lowest BCUT2D eigenvalue weighted by molar-refractivity contribution is -0.384. The summed E-state index contributed by atoms with van der Waals surface area (Å²) < 4.78 is 0. The van der Waals surface area contributed by atoms with Crippen molar-refractivity contribution < 1.29 is 9.72 Å². The number of nitrogens with zero attached hydrogens (tertiary/aromatic N) is 5. The highest BCUT2D eigenvalue weighted by atomic mass is 16.6. The molecule has 1 amide bonds. The van der Waals surface area contributed by atoms with Gasteiger partial charge in [-0.3, -0.25) is 14.9 Å². The second-order valence-electron chi connectivity index (χ2n) is 5.72. The molecular weight excluding hydrogens is 336 g/mol. The SMILES string of the molecule is Cc1ccc([N+](=O)[O-])c(NC(=O)Cn2nnc(-c3ccccc3)n2)c1C. The van der Waals surface area contributed by atoms with E-state index in [4.69, 9.17) is 0 Å². The minimum atomic E-state index is -0.525. The van der Waals surface area contributed by atoms with Gasteiger partial charge in [0.1, 0.15) is 12.2 Å². The minimum absolute atomic E-state index is 0.155. The molecule has 9 nitrogen and oxygen atoms in total. The zero-order chi connectivity index (χ0) is 18.7. The minimum Gasteiger partial charge on any atom is -0.318 e. The molecule has 0 radical (unpaired) electrons. The predicted octanol–water partition coefficient (Wildman–Crippen LogP) is 2.50. The third-order valence-corrected chi connectivity index (χ3v) is 3.94. The molecule has 0 spiro atoms. The lowest BCUT2D eigenvalue weighted by Crippen LogP contribution is -2.21. The van der Waals surface area contributed by atoms with Crippen molar-refractivity contribution >= 4 is 17.3 Å². The average Bonchev–Trinajstić information content (AvgIpc) is 3.08. The molecule has 26 heavy (non-hydrogen) atoms. The summed E-state index contributed by atoms with van der Waals surface area (Å²) in [5.74, 6) is -0.0741. The third kappa shape index (κ3) is 3.56. The Kier molecular flexibility index (Phi) is 4.70. The average molecular weight is 352 g/mol. The van der Waals surface area contributed by atoms with Crippen molar-refractivity contribution in [2.75, 3.05) is 5.32 Å². The van der Waals surface area contributed by atoms with Gasteiger partial charge in [-0.2, -0.15) is 4.80 Å². The molecule has 0 atom stereocenters. The van der Waals surface area contributed by atoms with Crippen LogP contribution in [0.15, 0.2) is 42.5 Å². The molecule has 1 heterocycles. The number of hydrogen-bond donors (Lipinski definition) is 1. The Morgan fingerprint density at radius 1 is 1.19 bits per heavy atom. The van der Waals surface area contributed by atoms with E-state index in [1.807, 2.05) is 37.3 Å². The molecule has 0 bridgehead atoms. The van der Waals surface area contributed by atoms with Gasteiger partial charge < -0.3 is 5.32 Å². The Morgan fingerprint density at radius 3 is 2.62 bits per heavy atom. The number of aromatic nitrogens is 4. The molecule has 2 aromatic carbocycles. The van der Waals surface area contributed by atoms with Crippen molar-refractivity contribution in [3.05, 3.63) is 63.7 Å². The van der Waals surface area contributed by atoms with E-state index in [1.54, 1.807) is 13.0 Å². The molecule has 0 unspecified atom stereocenters. The summed E-state index contributed by atoms with van der Waals surface area (Å²) in [6.45, 7) is 3.34. The van der Waals surface area contributed by atoms with Gasteiger partial charge in [-0.1, -0.05) is 36.4 Å². The van der Waals surface area contributed by atoms with Gasteiger partial charge in [-0.25, -0.2) is 0 Å². The highest BCUT2D eigenvalue weighted by Crippen LogP contribution is 2.30. The highest BCUT2D eigenvalue weighted by molar-refractivity contribution is 5.94. The number of carbonyl (C=O) groups excluding carboxylic acids is 1. The maximum Gasteiger partial charge on any atom is 0.293 e. The number of aryl methyl sites for hydroxylation is 1. The summed E-state index contributed by atoms with van der Waals surface area (Å²) in [5, 5.41) is 25.7. The van der Waals surface area contributed by atoms with Crippen LogP contribution in [-0.4, -0.2) is 31.0 Å². The summed E-state index contributed by atoms with van der Waals surface area (Å²) in [4.78, 5) is 24.1. The van der Waals surface area contributed by atoms with Crippen LogP contribution < -0.4 is 5.32 Å². The third-order valence-electron chi connectivity index (χ3n) is 3.94. The van der Waals surface area contributed by atoms with Crippen LogP contribution in [0.5, 0.6) is 0 Å². The molecule has 0 aliphatic rings. The van der Waals surface area contributed by atoms with Gasteiger partial charge in [0.05, 0.1) is 4.92 Å². The van der Waals surface area contributed by atoms with Gasteiger partial charge in [0.25, 0.3) is 5.69 Å². The van der Waals surface area contributed by atoms with Crippen LogP contribution >= 0.6 is 0 Å². The van der Waals surface area contributed by atoms with Gasteiger partial charge in [0, 0.05) is 11.6 Å². The van der Waals surface area contributed by atoms with Gasteiger partial charge in [0.2, 0.25) is 11.7 Å². The number of nitro groups is 1. The molecule has 0 aliphatic heterocycles. The molecule has 3 rings (SSSR count). The topological polar surface area (TPSA) is 116 Å². The summed E-state index contributed by atoms with van der Waals surface area (Å²) in [6, 6.07) is 12.3. The van der Waals surface area contributed by atoms with Crippen molar-refractivity contribution in [1.82, 2.24) is 20.2 Å². The summed E-state index contributed by atoms with van der Waals surface area (Å²) in [5.41, 5.74) is 2.30. The van der Waals surface area contributed by atoms with E-state index in [2.05, 4.69) is 20.7 Å². The van der Waals surface area contributed by atoms with Crippen LogP contribution in [0, 0.1) is 24.0 Å². The number of nitro benzene ring substituents is 1. The quantitative estimate of drug-likeness (QED) is 0.557. The van der Waals surface area contributed by atoms with E-state index < -0.39 is 10.8 Å². The van der Waals surface area contributed by atoms with Crippen molar-refractivity contribution in [2.45, 2.75) is 20.4 Å². The Hall–Kier alpha value is -3.62. The van der Waals surface area contributed by atoms with Gasteiger partial charge in [-0.05, 0) is 30.2 Å². The number of anilines is 1. The molecule has 132 valence electrons. The molecule has 0 saturated carbocycles. The van der Waals surface area contributed by atoms with Gasteiger partial charge >= 0.3 is 0 Å². The van der Waals surface area contributed by atoms with Crippen LogP contribution in [0.3, 0.4) is 0 Å². The number of carbonyl (C=O) groups is 1. The van der Waals surface area contributed by atoms with E-state index in [0.717, 1.165) is 15.9 Å². The van der Waals surface area contributed by atoms with E-state index in [9.17, 15) is 14.9 Å². The van der Waals surface area contributed by atoms with Crippen molar-refractivity contribution in [1.29, 1.82) is 0 Å². The fraction of sp³-hybridized carbons (Fsp3) is 0.176. The Bertz CT molecular complexity index is 968. The lowest BCUT2D eigenvalue weighted by atomic mass is 10.1. The molecule has 0 aliphatic carbocycles. The van der Waals surface area contributed by atoms with Crippen LogP contribution in [0.25, 0.3) is 11.4 Å². The number of nitrogens with one attached hydrogen (secondary N) is 1. The molecule has 0 fully saturated rings. The summed E-state index contributed by atoms with van der Waals surface area (Å²) in [6.07, 6.45) is 0. The van der Waals surface area contributed by atoms with Gasteiger partial charge in [-0.15, -0.1) is 10.2 Å². The monoisotopic (exact) mass is 352 g/mol. The Morgan fingerprint density at radius 2 is 1.92 bits per heavy atom. The normalized spacial score (nSPS) is 10.5. The first-order valence-electron chi connectivity index (χ1n) is 7.83. The zero-order valence-electron chi connectivity index (χ0n) is 14.2. The fourth-order valence-corrected chi connectivity index (χ4v) is 2.43. The van der Waals surface area contributed by atoms with Crippen LogP contribution in [0.2, 0.25) is 0 Å². The lowest BCUT2D eigenvalue weighted by Gasteiger charge is -2.10. The molecule has 3 aromatic rings. The first-order chi connectivity index (χ1) is 12.5. The van der Waals surface area contributed by atoms with Crippen molar-refractivity contribution in [3.8, 4) is 11.4 Å². The summed E-state index contributed by atoms with van der Waals surface area (Å²) >= 11 is 0. The van der Waals surface area contributed by atoms with Crippen LogP contribution in [-0.2, 0) is 11.3 Å². The maximum absolute atomic E-state index is 12.3. The van der Waals surface area contributed by atoms with Crippen molar-refractivity contribution in [3.63, 3.8) is 0 Å². The summed E-state index contributed by atoms with van der Waals surface area (Å²) in [7, 11) is 0. The molecule has 9 heteroatoms. The van der Waals surface area contributed by atoms with E-state index in [-0.39, 0.29) is 17.9 Å². The number of tetrazole rings is 1. The molecular formula is C17H16N6O3. The number of benzene rings is 2. The zero-order valence-corrected chi connectivity index (χ0v) is 14.2. The Balaban J connectivity index is 1.77. The molecule has 1 aromatic heterocycles. The predicted molar refractivity (Wildman–Crippen MR) is 94.5 cm³/mol. The first kappa shape index (κ1) is 17.2. The van der Waals surface area contributed by atoms with Crippen molar-refractivity contribution in [2.24, 2.45) is 0 Å². The highest BCUT2D eigenvalue weighted by Gasteiger charge is 2.20.